The molecular formula is C17H27N3O2S. The van der Waals surface area contributed by atoms with E-state index in [0.717, 1.165) is 30.0 Å². The third-order valence-electron chi connectivity index (χ3n) is 4.31. The minimum atomic E-state index is -0.329. The van der Waals surface area contributed by atoms with Gasteiger partial charge in [-0.15, -0.1) is 11.3 Å². The van der Waals surface area contributed by atoms with Crippen molar-refractivity contribution in [3.05, 3.63) is 15.6 Å². The molecule has 5 nitrogen and oxygen atoms in total. The third kappa shape index (κ3) is 3.74. The molecule has 2 amide bonds. The van der Waals surface area contributed by atoms with Crippen LogP contribution in [-0.4, -0.2) is 52.8 Å². The molecule has 1 saturated heterocycles. The number of unbranched alkanes of at least 4 members (excludes halogenated alkanes) is 1. The molecule has 2 rings (SSSR count). The van der Waals surface area contributed by atoms with Crippen LogP contribution in [-0.2, 0) is 4.79 Å². The smallest absolute Gasteiger partial charge is 0.266 e. The Bertz CT molecular complexity index is 582. The first kappa shape index (κ1) is 17.9. The van der Waals surface area contributed by atoms with Crippen molar-refractivity contribution in [3.8, 4) is 0 Å². The van der Waals surface area contributed by atoms with Gasteiger partial charge in [0.25, 0.3) is 5.91 Å². The monoisotopic (exact) mass is 337 g/mol. The Morgan fingerprint density at radius 1 is 1.39 bits per heavy atom. The lowest BCUT2D eigenvalue weighted by molar-refractivity contribution is -0.138. The first-order chi connectivity index (χ1) is 10.9. The number of amides is 2. The van der Waals surface area contributed by atoms with E-state index in [-0.39, 0.29) is 17.9 Å². The molecule has 128 valence electrons. The van der Waals surface area contributed by atoms with E-state index in [0.29, 0.717) is 23.9 Å². The normalized spacial score (nSPS) is 18.9. The van der Waals surface area contributed by atoms with Gasteiger partial charge in [-0.1, -0.05) is 33.6 Å². The fourth-order valence-corrected chi connectivity index (χ4v) is 3.85. The summed E-state index contributed by atoms with van der Waals surface area (Å²) in [5, 5.41) is 0.983. The summed E-state index contributed by atoms with van der Waals surface area (Å²) >= 11 is 1.47. The highest BCUT2D eigenvalue weighted by Gasteiger charge is 2.37. The SMILES string of the molecule is CCCC[C@@H]1C(=O)N(C)CCN1C(=O)c1sc(C(C)C)nc1C. The lowest BCUT2D eigenvalue weighted by Gasteiger charge is -2.39. The molecule has 1 aliphatic rings. The number of piperazine rings is 1. The van der Waals surface area contributed by atoms with Gasteiger partial charge >= 0.3 is 0 Å². The maximum Gasteiger partial charge on any atom is 0.266 e. The van der Waals surface area contributed by atoms with Gasteiger partial charge in [0.05, 0.1) is 10.7 Å². The number of carbonyl (C=O) groups is 2. The van der Waals surface area contributed by atoms with E-state index in [1.165, 1.54) is 11.3 Å². The number of hydrogen-bond donors (Lipinski definition) is 0. The van der Waals surface area contributed by atoms with E-state index in [1.54, 1.807) is 9.80 Å². The van der Waals surface area contributed by atoms with Gasteiger partial charge in [0.2, 0.25) is 5.91 Å². The molecule has 0 aromatic carbocycles. The van der Waals surface area contributed by atoms with E-state index in [2.05, 4.69) is 25.8 Å². The van der Waals surface area contributed by atoms with Gasteiger partial charge in [0.15, 0.2) is 0 Å². The standard InChI is InChI=1S/C17H27N3O2S/c1-6-7-8-13-16(21)19(5)9-10-20(13)17(22)14-12(4)18-15(23-14)11(2)3/h11,13H,6-10H2,1-5H3/t13-/m1/s1. The Hall–Kier alpha value is -1.43. The summed E-state index contributed by atoms with van der Waals surface area (Å²) in [6, 6.07) is -0.329. The number of carbonyl (C=O) groups excluding carboxylic acids is 2. The summed E-state index contributed by atoms with van der Waals surface area (Å²) in [6.07, 6.45) is 2.71. The van der Waals surface area contributed by atoms with Crippen LogP contribution in [0.25, 0.3) is 0 Å². The molecule has 1 aliphatic heterocycles. The van der Waals surface area contributed by atoms with E-state index in [9.17, 15) is 9.59 Å². The highest BCUT2D eigenvalue weighted by Crippen LogP contribution is 2.27. The van der Waals surface area contributed by atoms with Crippen molar-refractivity contribution in [2.75, 3.05) is 20.1 Å². The Labute approximate surface area is 142 Å². The van der Waals surface area contributed by atoms with Crippen LogP contribution in [0.1, 0.15) is 66.3 Å². The topological polar surface area (TPSA) is 53.5 Å². The second kappa shape index (κ2) is 7.43. The van der Waals surface area contributed by atoms with Crippen molar-refractivity contribution < 1.29 is 9.59 Å². The molecule has 1 aromatic rings. The molecule has 1 atom stereocenters. The molecule has 0 N–H and O–H groups in total. The van der Waals surface area contributed by atoms with Gasteiger partial charge in [0, 0.05) is 26.1 Å². The zero-order chi connectivity index (χ0) is 17.1. The summed E-state index contributed by atoms with van der Waals surface area (Å²) < 4.78 is 0. The number of rotatable bonds is 5. The van der Waals surface area contributed by atoms with Crippen LogP contribution in [0.3, 0.4) is 0 Å². The number of likely N-dealkylation sites (N-methyl/N-ethyl adjacent to an activating group) is 1. The Morgan fingerprint density at radius 3 is 2.65 bits per heavy atom. The maximum absolute atomic E-state index is 13.0. The van der Waals surface area contributed by atoms with Gasteiger partial charge in [-0.3, -0.25) is 9.59 Å². The Morgan fingerprint density at radius 2 is 2.09 bits per heavy atom. The van der Waals surface area contributed by atoms with Crippen molar-refractivity contribution in [2.45, 2.75) is 58.9 Å². The summed E-state index contributed by atoms with van der Waals surface area (Å²) in [4.78, 5) is 34.2. The molecular weight excluding hydrogens is 310 g/mol. The number of nitrogens with zero attached hydrogens (tertiary/aromatic N) is 3. The lowest BCUT2D eigenvalue weighted by atomic mass is 10.0. The van der Waals surface area contributed by atoms with Crippen LogP contribution in [0.2, 0.25) is 0 Å². The minimum Gasteiger partial charge on any atom is -0.342 e. The minimum absolute atomic E-state index is 0.0329. The number of thiazole rings is 1. The molecule has 2 heterocycles. The predicted octanol–water partition coefficient (Wildman–Crippen LogP) is 3.05. The summed E-state index contributed by atoms with van der Waals surface area (Å²) in [6.45, 7) is 9.35. The molecule has 0 spiro atoms. The third-order valence-corrected chi connectivity index (χ3v) is 5.75. The summed E-state index contributed by atoms with van der Waals surface area (Å²) in [5.74, 6) is 0.337. The van der Waals surface area contributed by atoms with Crippen LogP contribution in [0.15, 0.2) is 0 Å². The van der Waals surface area contributed by atoms with Crippen LogP contribution in [0.4, 0.5) is 0 Å². The lowest BCUT2D eigenvalue weighted by Crippen LogP contribution is -2.57. The quantitative estimate of drug-likeness (QED) is 0.830. The van der Waals surface area contributed by atoms with Crippen molar-refractivity contribution in [1.82, 2.24) is 14.8 Å². The molecule has 0 unspecified atom stereocenters. The van der Waals surface area contributed by atoms with E-state index < -0.39 is 0 Å². The number of hydrogen-bond acceptors (Lipinski definition) is 4. The highest BCUT2D eigenvalue weighted by atomic mass is 32.1. The zero-order valence-electron chi connectivity index (χ0n) is 14.8. The Balaban J connectivity index is 2.26. The molecule has 1 aromatic heterocycles. The zero-order valence-corrected chi connectivity index (χ0v) is 15.6. The van der Waals surface area contributed by atoms with Gasteiger partial charge in [-0.05, 0) is 13.3 Å². The molecule has 1 fully saturated rings. The van der Waals surface area contributed by atoms with Crippen LogP contribution in [0.5, 0.6) is 0 Å². The van der Waals surface area contributed by atoms with Crippen LogP contribution < -0.4 is 0 Å². The van der Waals surface area contributed by atoms with Gasteiger partial charge in [-0.25, -0.2) is 4.98 Å². The van der Waals surface area contributed by atoms with Gasteiger partial charge in [0.1, 0.15) is 10.9 Å². The summed E-state index contributed by atoms with van der Waals surface area (Å²) in [5.41, 5.74) is 0.782. The average Bonchev–Trinajstić information content (AvgIpc) is 2.90. The first-order valence-electron chi connectivity index (χ1n) is 8.40. The van der Waals surface area contributed by atoms with Crippen molar-refractivity contribution >= 4 is 23.2 Å². The molecule has 0 aliphatic carbocycles. The van der Waals surface area contributed by atoms with Gasteiger partial charge < -0.3 is 9.80 Å². The number of aromatic nitrogens is 1. The molecule has 0 bridgehead atoms. The second-order valence-electron chi connectivity index (χ2n) is 6.54. The average molecular weight is 337 g/mol. The van der Waals surface area contributed by atoms with Crippen molar-refractivity contribution in [2.24, 2.45) is 0 Å². The van der Waals surface area contributed by atoms with Crippen LogP contribution in [0, 0.1) is 6.92 Å². The van der Waals surface area contributed by atoms with E-state index in [1.807, 2.05) is 14.0 Å². The van der Waals surface area contributed by atoms with E-state index in [4.69, 9.17) is 0 Å². The van der Waals surface area contributed by atoms with Gasteiger partial charge in [-0.2, -0.15) is 0 Å². The highest BCUT2D eigenvalue weighted by molar-refractivity contribution is 7.13. The Kier molecular flexibility index (Phi) is 5.79. The second-order valence-corrected chi connectivity index (χ2v) is 7.57. The molecule has 6 heteroatoms. The molecule has 0 saturated carbocycles. The fourth-order valence-electron chi connectivity index (χ4n) is 2.82. The maximum atomic E-state index is 13.0. The first-order valence-corrected chi connectivity index (χ1v) is 9.21. The number of aryl methyl sites for hydroxylation is 1. The van der Waals surface area contributed by atoms with E-state index >= 15 is 0 Å². The molecule has 0 radical (unpaired) electrons. The fraction of sp³-hybridized carbons (Fsp3) is 0.706. The van der Waals surface area contributed by atoms with Crippen LogP contribution >= 0.6 is 11.3 Å². The summed E-state index contributed by atoms with van der Waals surface area (Å²) in [7, 11) is 1.82. The largest absolute Gasteiger partial charge is 0.342 e. The predicted molar refractivity (Wildman–Crippen MR) is 92.9 cm³/mol. The molecule has 23 heavy (non-hydrogen) atoms. The van der Waals surface area contributed by atoms with Crippen molar-refractivity contribution in [1.29, 1.82) is 0 Å². The van der Waals surface area contributed by atoms with Crippen molar-refractivity contribution in [3.63, 3.8) is 0 Å².